The van der Waals surface area contributed by atoms with Gasteiger partial charge in [-0.3, -0.25) is 9.59 Å². The fraction of sp³-hybridized carbons (Fsp3) is 0.722. The van der Waals surface area contributed by atoms with Crippen LogP contribution in [0.25, 0.3) is 0 Å². The molecule has 0 bridgehead atoms. The van der Waals surface area contributed by atoms with Gasteiger partial charge in [0.15, 0.2) is 0 Å². The quantitative estimate of drug-likeness (QED) is 0.841. The van der Waals surface area contributed by atoms with Gasteiger partial charge >= 0.3 is 0 Å². The molecule has 2 saturated heterocycles. The third-order valence-electron chi connectivity index (χ3n) is 5.19. The number of nitrogens with zero attached hydrogens (tertiary/aromatic N) is 3. The fourth-order valence-electron chi connectivity index (χ4n) is 3.96. The van der Waals surface area contributed by atoms with Gasteiger partial charge in [-0.1, -0.05) is 0 Å². The highest BCUT2D eigenvalue weighted by Crippen LogP contribution is 2.34. The summed E-state index contributed by atoms with van der Waals surface area (Å²) in [7, 11) is 0. The van der Waals surface area contributed by atoms with Crippen molar-refractivity contribution in [2.75, 3.05) is 13.1 Å². The average Bonchev–Trinajstić information content (AvgIpc) is 3.01. The van der Waals surface area contributed by atoms with Crippen LogP contribution in [0.1, 0.15) is 68.6 Å². The minimum atomic E-state index is 0.0735. The van der Waals surface area contributed by atoms with E-state index < -0.39 is 0 Å². The summed E-state index contributed by atoms with van der Waals surface area (Å²) in [6, 6.07) is 0.198. The smallest absolute Gasteiger partial charge is 0.225 e. The van der Waals surface area contributed by atoms with Gasteiger partial charge in [0.25, 0.3) is 0 Å². The summed E-state index contributed by atoms with van der Waals surface area (Å²) in [4.78, 5) is 33.4. The number of carbonyl (C=O) groups is 2. The van der Waals surface area contributed by atoms with Crippen molar-refractivity contribution in [3.8, 4) is 0 Å². The first kappa shape index (κ1) is 17.4. The van der Waals surface area contributed by atoms with E-state index in [4.69, 9.17) is 0 Å². The number of rotatable bonds is 3. The van der Waals surface area contributed by atoms with Gasteiger partial charge in [-0.15, -0.1) is 11.3 Å². The molecule has 5 nitrogen and oxygen atoms in total. The summed E-state index contributed by atoms with van der Waals surface area (Å²) in [5, 5.41) is 3.12. The average molecular weight is 350 g/mol. The number of hydrogen-bond donors (Lipinski definition) is 0. The fourth-order valence-corrected chi connectivity index (χ4v) is 4.90. The molecule has 2 fully saturated rings. The summed E-state index contributed by atoms with van der Waals surface area (Å²) in [5.41, 5.74) is 1.03. The van der Waals surface area contributed by atoms with Crippen LogP contribution < -0.4 is 0 Å². The summed E-state index contributed by atoms with van der Waals surface area (Å²) in [5.74, 6) is 0.281. The van der Waals surface area contributed by atoms with Crippen LogP contribution in [0.15, 0.2) is 5.38 Å². The third kappa shape index (κ3) is 3.79. The summed E-state index contributed by atoms with van der Waals surface area (Å²) in [6.07, 6.45) is 6.77. The van der Waals surface area contributed by atoms with Gasteiger partial charge in [0.1, 0.15) is 5.01 Å². The predicted octanol–water partition coefficient (Wildman–Crippen LogP) is 3.30. The summed E-state index contributed by atoms with van der Waals surface area (Å²) in [6.45, 7) is 5.23. The number of aryl methyl sites for hydroxylation is 1. The molecular formula is C18H27N3O2S. The van der Waals surface area contributed by atoms with Gasteiger partial charge in [0, 0.05) is 43.5 Å². The molecule has 0 spiro atoms. The number of hydrogen-bond acceptors (Lipinski definition) is 4. The zero-order valence-corrected chi connectivity index (χ0v) is 15.5. The molecule has 0 aliphatic carbocycles. The number of thiazole rings is 1. The van der Waals surface area contributed by atoms with Crippen molar-refractivity contribution in [1.82, 2.24) is 14.8 Å². The van der Waals surface area contributed by atoms with Crippen molar-refractivity contribution in [3.63, 3.8) is 0 Å². The lowest BCUT2D eigenvalue weighted by Crippen LogP contribution is -2.47. The highest BCUT2D eigenvalue weighted by Gasteiger charge is 2.33. The Morgan fingerprint density at radius 3 is 2.54 bits per heavy atom. The standard InChI is InChI=1S/C18H27N3O2S/c1-13-12-24-18(19-13)16-8-4-6-10-21(16)17(23)11-15-7-3-5-9-20(15)14(2)22/h12,15-16H,3-11H2,1-2H3/t15-,16-/m1/s1. The minimum Gasteiger partial charge on any atom is -0.339 e. The summed E-state index contributed by atoms with van der Waals surface area (Å²) < 4.78 is 0. The van der Waals surface area contributed by atoms with Gasteiger partial charge in [0.2, 0.25) is 11.8 Å². The van der Waals surface area contributed by atoms with Crippen LogP contribution in [0, 0.1) is 6.92 Å². The van der Waals surface area contributed by atoms with E-state index in [2.05, 4.69) is 10.4 Å². The SMILES string of the molecule is CC(=O)N1CCCC[C@@H]1CC(=O)N1CCCC[C@@H]1c1nc(C)cs1. The molecule has 0 saturated carbocycles. The lowest BCUT2D eigenvalue weighted by molar-refractivity contribution is -0.139. The molecule has 0 aromatic carbocycles. The Labute approximate surface area is 148 Å². The first-order chi connectivity index (χ1) is 11.6. The number of aromatic nitrogens is 1. The van der Waals surface area contributed by atoms with Crippen molar-refractivity contribution in [2.45, 2.75) is 70.9 Å². The van der Waals surface area contributed by atoms with Crippen molar-refractivity contribution in [1.29, 1.82) is 0 Å². The zero-order chi connectivity index (χ0) is 17.1. The van der Waals surface area contributed by atoms with E-state index in [0.717, 1.165) is 62.3 Å². The van der Waals surface area contributed by atoms with E-state index in [9.17, 15) is 9.59 Å². The first-order valence-electron chi connectivity index (χ1n) is 9.05. The number of carbonyl (C=O) groups excluding carboxylic acids is 2. The Balaban J connectivity index is 1.70. The van der Waals surface area contributed by atoms with Crippen LogP contribution in [-0.4, -0.2) is 45.7 Å². The molecule has 0 unspecified atom stereocenters. The van der Waals surface area contributed by atoms with E-state index >= 15 is 0 Å². The minimum absolute atomic E-state index is 0.0735. The lowest BCUT2D eigenvalue weighted by Gasteiger charge is -2.39. The molecular weight excluding hydrogens is 322 g/mol. The molecule has 3 heterocycles. The number of likely N-dealkylation sites (tertiary alicyclic amines) is 2. The Kier molecular flexibility index (Phi) is 5.54. The highest BCUT2D eigenvalue weighted by atomic mass is 32.1. The van der Waals surface area contributed by atoms with E-state index in [1.807, 2.05) is 16.7 Å². The Morgan fingerprint density at radius 1 is 1.17 bits per heavy atom. The maximum atomic E-state index is 13.0. The van der Waals surface area contributed by atoms with Gasteiger partial charge in [-0.25, -0.2) is 4.98 Å². The van der Waals surface area contributed by atoms with Crippen molar-refractivity contribution < 1.29 is 9.59 Å². The Morgan fingerprint density at radius 2 is 1.88 bits per heavy atom. The summed E-state index contributed by atoms with van der Waals surface area (Å²) >= 11 is 1.66. The Bertz CT molecular complexity index is 601. The molecule has 3 rings (SSSR count). The third-order valence-corrected chi connectivity index (χ3v) is 6.25. The first-order valence-corrected chi connectivity index (χ1v) is 9.93. The predicted molar refractivity (Wildman–Crippen MR) is 94.8 cm³/mol. The molecule has 0 N–H and O–H groups in total. The molecule has 24 heavy (non-hydrogen) atoms. The number of amides is 2. The van der Waals surface area contributed by atoms with Crippen LogP contribution in [0.3, 0.4) is 0 Å². The van der Waals surface area contributed by atoms with E-state index in [-0.39, 0.29) is 23.9 Å². The molecule has 2 atom stereocenters. The second-order valence-electron chi connectivity index (χ2n) is 6.99. The topological polar surface area (TPSA) is 53.5 Å². The second-order valence-corrected chi connectivity index (χ2v) is 7.88. The van der Waals surface area contributed by atoms with Crippen LogP contribution in [0.2, 0.25) is 0 Å². The molecule has 6 heteroatoms. The zero-order valence-electron chi connectivity index (χ0n) is 14.7. The highest BCUT2D eigenvalue weighted by molar-refractivity contribution is 7.09. The Hall–Kier alpha value is -1.43. The van der Waals surface area contributed by atoms with E-state index in [1.54, 1.807) is 18.3 Å². The molecule has 0 radical (unpaired) electrons. The van der Waals surface area contributed by atoms with Crippen LogP contribution in [0.4, 0.5) is 0 Å². The monoisotopic (exact) mass is 349 g/mol. The molecule has 1 aromatic heterocycles. The molecule has 2 aliphatic rings. The van der Waals surface area contributed by atoms with Gasteiger partial charge < -0.3 is 9.80 Å². The van der Waals surface area contributed by atoms with Crippen LogP contribution >= 0.6 is 11.3 Å². The maximum absolute atomic E-state index is 13.0. The van der Waals surface area contributed by atoms with Crippen molar-refractivity contribution in [3.05, 3.63) is 16.1 Å². The number of piperidine rings is 2. The van der Waals surface area contributed by atoms with Crippen molar-refractivity contribution in [2.24, 2.45) is 0 Å². The molecule has 132 valence electrons. The van der Waals surface area contributed by atoms with Gasteiger partial charge in [-0.05, 0) is 45.4 Å². The largest absolute Gasteiger partial charge is 0.339 e. The van der Waals surface area contributed by atoms with Crippen LogP contribution in [-0.2, 0) is 9.59 Å². The van der Waals surface area contributed by atoms with E-state index in [0.29, 0.717) is 6.42 Å². The lowest BCUT2D eigenvalue weighted by atomic mass is 9.96. The van der Waals surface area contributed by atoms with Gasteiger partial charge in [0.05, 0.1) is 6.04 Å². The van der Waals surface area contributed by atoms with Crippen LogP contribution in [0.5, 0.6) is 0 Å². The maximum Gasteiger partial charge on any atom is 0.225 e. The van der Waals surface area contributed by atoms with Gasteiger partial charge in [-0.2, -0.15) is 0 Å². The molecule has 2 amide bonds. The second kappa shape index (κ2) is 7.64. The van der Waals surface area contributed by atoms with E-state index in [1.165, 1.54) is 0 Å². The normalized spacial score (nSPS) is 24.9. The molecule has 1 aromatic rings. The molecule has 2 aliphatic heterocycles. The van der Waals surface area contributed by atoms with Crippen molar-refractivity contribution >= 4 is 23.2 Å².